The van der Waals surface area contributed by atoms with Crippen LogP contribution in [-0.2, 0) is 23.1 Å². The van der Waals surface area contributed by atoms with Gasteiger partial charge in [-0.3, -0.25) is 9.05 Å². The summed E-state index contributed by atoms with van der Waals surface area (Å²) in [6.07, 6.45) is 42.7. The topological polar surface area (TPSA) is 77.5 Å². The van der Waals surface area contributed by atoms with Gasteiger partial charge in [0.1, 0.15) is 6.10 Å². The van der Waals surface area contributed by atoms with Gasteiger partial charge in [-0.1, -0.05) is 206 Å². The summed E-state index contributed by atoms with van der Waals surface area (Å²) >= 11 is 0. The van der Waals surface area contributed by atoms with E-state index in [1.807, 2.05) is 19.0 Å². The van der Waals surface area contributed by atoms with E-state index in [2.05, 4.69) is 13.8 Å². The molecule has 7 nitrogen and oxygen atoms in total. The lowest BCUT2D eigenvalue weighted by Gasteiger charge is -2.20. The predicted molar refractivity (Wildman–Crippen MR) is 220 cm³/mol. The Morgan fingerprint density at radius 3 is 1.14 bits per heavy atom. The summed E-state index contributed by atoms with van der Waals surface area (Å²) in [7, 11) is -0.331. The zero-order chi connectivity index (χ0) is 37.4. The Morgan fingerprint density at radius 2 is 0.784 bits per heavy atom. The molecule has 0 amide bonds. The number of unbranched alkanes of at least 4 members (excludes halogenated alkanes) is 30. The van der Waals surface area contributed by atoms with Crippen molar-refractivity contribution in [3.63, 3.8) is 0 Å². The van der Waals surface area contributed by atoms with E-state index in [-0.39, 0.29) is 19.3 Å². The standard InChI is InChI=1S/C43H90NO6P/c1-5-7-9-11-13-15-17-19-21-23-25-27-29-31-33-35-38-47-41-43(42-50-51(45,46)49-40-37-44(3)4)48-39-36-34-32-30-28-26-24-22-20-18-16-14-12-10-8-6-2/h43H,5-42H2,1-4H3,(H,45,46)/t43-/m1/s1. The molecular formula is C43H90NO6P. The van der Waals surface area contributed by atoms with E-state index in [0.29, 0.717) is 26.4 Å². The fourth-order valence-corrected chi connectivity index (χ4v) is 7.31. The number of likely N-dealkylation sites (N-methyl/N-ethyl adjacent to an activating group) is 1. The fourth-order valence-electron chi connectivity index (χ4n) is 6.56. The number of phosphoric ester groups is 1. The summed E-state index contributed by atoms with van der Waals surface area (Å²) in [5.74, 6) is 0. The molecule has 0 radical (unpaired) electrons. The smallest absolute Gasteiger partial charge is 0.379 e. The van der Waals surface area contributed by atoms with Crippen molar-refractivity contribution in [3.05, 3.63) is 0 Å². The summed E-state index contributed by atoms with van der Waals surface area (Å²) in [5, 5.41) is 0. The molecule has 1 unspecified atom stereocenters. The maximum Gasteiger partial charge on any atom is 0.472 e. The van der Waals surface area contributed by atoms with E-state index in [0.717, 1.165) is 19.3 Å². The van der Waals surface area contributed by atoms with E-state index in [9.17, 15) is 9.46 Å². The molecule has 0 bridgehead atoms. The first kappa shape index (κ1) is 51.0. The maximum atomic E-state index is 12.4. The van der Waals surface area contributed by atoms with Gasteiger partial charge in [0.15, 0.2) is 0 Å². The molecule has 0 heterocycles. The van der Waals surface area contributed by atoms with Crippen LogP contribution in [0.5, 0.6) is 0 Å². The van der Waals surface area contributed by atoms with Crippen LogP contribution in [0.3, 0.4) is 0 Å². The highest BCUT2D eigenvalue weighted by molar-refractivity contribution is 7.47. The van der Waals surface area contributed by atoms with Crippen LogP contribution in [0.4, 0.5) is 0 Å². The number of hydrogen-bond acceptors (Lipinski definition) is 6. The Balaban J connectivity index is 3.97. The van der Waals surface area contributed by atoms with Gasteiger partial charge < -0.3 is 19.3 Å². The molecule has 0 fully saturated rings. The average molecular weight is 748 g/mol. The number of ether oxygens (including phenoxy) is 2. The van der Waals surface area contributed by atoms with Crippen LogP contribution in [0, 0.1) is 0 Å². The van der Waals surface area contributed by atoms with Gasteiger partial charge in [-0.25, -0.2) is 4.57 Å². The van der Waals surface area contributed by atoms with E-state index in [1.165, 1.54) is 186 Å². The van der Waals surface area contributed by atoms with E-state index in [1.54, 1.807) is 0 Å². The zero-order valence-corrected chi connectivity index (χ0v) is 35.7. The quantitative estimate of drug-likeness (QED) is 0.0491. The molecule has 1 N–H and O–H groups in total. The van der Waals surface area contributed by atoms with E-state index < -0.39 is 7.82 Å². The molecule has 308 valence electrons. The monoisotopic (exact) mass is 748 g/mol. The minimum atomic E-state index is -4.12. The van der Waals surface area contributed by atoms with Crippen LogP contribution in [0.25, 0.3) is 0 Å². The van der Waals surface area contributed by atoms with Gasteiger partial charge in [-0.15, -0.1) is 0 Å². The third kappa shape index (κ3) is 42.6. The van der Waals surface area contributed by atoms with Crippen LogP contribution in [0.2, 0.25) is 0 Å². The van der Waals surface area contributed by atoms with Gasteiger partial charge in [-0.05, 0) is 26.9 Å². The lowest BCUT2D eigenvalue weighted by molar-refractivity contribution is -0.0445. The molecular weight excluding hydrogens is 657 g/mol. The molecule has 2 atom stereocenters. The third-order valence-electron chi connectivity index (χ3n) is 10.0. The van der Waals surface area contributed by atoms with E-state index >= 15 is 0 Å². The van der Waals surface area contributed by atoms with Crippen LogP contribution >= 0.6 is 7.82 Å². The Morgan fingerprint density at radius 1 is 0.451 bits per heavy atom. The van der Waals surface area contributed by atoms with Gasteiger partial charge in [0.05, 0.1) is 19.8 Å². The van der Waals surface area contributed by atoms with Gasteiger partial charge in [0.2, 0.25) is 0 Å². The molecule has 8 heteroatoms. The zero-order valence-electron chi connectivity index (χ0n) is 34.8. The van der Waals surface area contributed by atoms with Crippen LogP contribution in [-0.4, -0.2) is 69.6 Å². The number of phosphoric acid groups is 1. The van der Waals surface area contributed by atoms with Crippen molar-refractivity contribution in [3.8, 4) is 0 Å². The second kappa shape index (κ2) is 41.2. The van der Waals surface area contributed by atoms with Crippen molar-refractivity contribution < 1.29 is 28.0 Å². The van der Waals surface area contributed by atoms with Crippen molar-refractivity contribution in [2.45, 2.75) is 225 Å². The van der Waals surface area contributed by atoms with Crippen molar-refractivity contribution in [1.82, 2.24) is 4.90 Å². The van der Waals surface area contributed by atoms with Gasteiger partial charge >= 0.3 is 7.82 Å². The SMILES string of the molecule is CCCCCCCCCCCCCCCCCCOC[C@H](COP(=O)(O)OCCN(C)C)OCCCCCCCCCCCCCCCCCC. The van der Waals surface area contributed by atoms with Crippen molar-refractivity contribution in [2.24, 2.45) is 0 Å². The van der Waals surface area contributed by atoms with Crippen LogP contribution in [0.1, 0.15) is 219 Å². The summed E-state index contributed by atoms with van der Waals surface area (Å²) in [6, 6.07) is 0. The van der Waals surface area contributed by atoms with E-state index in [4.69, 9.17) is 18.5 Å². The first-order valence-electron chi connectivity index (χ1n) is 22.4. The summed E-state index contributed by atoms with van der Waals surface area (Å²) in [6.45, 7) is 6.93. The molecule has 0 spiro atoms. The molecule has 0 aromatic carbocycles. The molecule has 0 aliphatic carbocycles. The lowest BCUT2D eigenvalue weighted by atomic mass is 10.0. The molecule has 0 aliphatic rings. The maximum absolute atomic E-state index is 12.4. The summed E-state index contributed by atoms with van der Waals surface area (Å²) in [4.78, 5) is 12.0. The third-order valence-corrected chi connectivity index (χ3v) is 11.0. The number of nitrogens with zero attached hydrogens (tertiary/aromatic N) is 1. The van der Waals surface area contributed by atoms with Crippen LogP contribution < -0.4 is 0 Å². The molecule has 0 aromatic rings. The summed E-state index contributed by atoms with van der Waals surface area (Å²) < 4.78 is 34.8. The Kier molecular flexibility index (Phi) is 41.2. The highest BCUT2D eigenvalue weighted by Crippen LogP contribution is 2.43. The minimum Gasteiger partial charge on any atom is -0.379 e. The minimum absolute atomic E-state index is 0.00639. The second-order valence-electron chi connectivity index (χ2n) is 15.6. The number of rotatable bonds is 44. The molecule has 0 saturated carbocycles. The summed E-state index contributed by atoms with van der Waals surface area (Å²) in [5.41, 5.74) is 0. The Labute approximate surface area is 319 Å². The van der Waals surface area contributed by atoms with Gasteiger partial charge in [0, 0.05) is 19.8 Å². The second-order valence-corrected chi connectivity index (χ2v) is 17.0. The first-order chi connectivity index (χ1) is 24.9. The first-order valence-corrected chi connectivity index (χ1v) is 23.9. The average Bonchev–Trinajstić information content (AvgIpc) is 3.10. The lowest BCUT2D eigenvalue weighted by Crippen LogP contribution is -2.26. The highest BCUT2D eigenvalue weighted by Gasteiger charge is 2.24. The molecule has 0 saturated heterocycles. The van der Waals surface area contributed by atoms with Crippen molar-refractivity contribution in [2.75, 3.05) is 53.7 Å². The van der Waals surface area contributed by atoms with Crippen molar-refractivity contribution in [1.29, 1.82) is 0 Å². The molecule has 0 rings (SSSR count). The van der Waals surface area contributed by atoms with Gasteiger partial charge in [-0.2, -0.15) is 0 Å². The van der Waals surface area contributed by atoms with Gasteiger partial charge in [0.25, 0.3) is 0 Å². The van der Waals surface area contributed by atoms with Crippen LogP contribution in [0.15, 0.2) is 0 Å². The predicted octanol–water partition coefficient (Wildman–Crippen LogP) is 13.6. The fraction of sp³-hybridized carbons (Fsp3) is 1.00. The molecule has 51 heavy (non-hydrogen) atoms. The Bertz CT molecular complexity index is 712. The largest absolute Gasteiger partial charge is 0.472 e. The normalized spacial score (nSPS) is 13.7. The molecule has 0 aromatic heterocycles. The highest BCUT2D eigenvalue weighted by atomic mass is 31.2. The van der Waals surface area contributed by atoms with Crippen molar-refractivity contribution >= 4 is 7.82 Å². The number of hydrogen-bond donors (Lipinski definition) is 1. The molecule has 0 aliphatic heterocycles. The Hall–Kier alpha value is -0.0100.